The zero-order valence-corrected chi connectivity index (χ0v) is 14.9. The molecule has 2 heterocycles. The van der Waals surface area contributed by atoms with E-state index in [1.165, 1.54) is 0 Å². The number of halogens is 1. The summed E-state index contributed by atoms with van der Waals surface area (Å²) in [5.74, 6) is -0.480. The molecule has 1 atom stereocenters. The van der Waals surface area contributed by atoms with Crippen molar-refractivity contribution in [3.05, 3.63) is 58.3 Å². The van der Waals surface area contributed by atoms with Gasteiger partial charge in [-0.1, -0.05) is 12.1 Å². The van der Waals surface area contributed by atoms with Crippen LogP contribution in [0.1, 0.15) is 17.7 Å². The first kappa shape index (κ1) is 16.6. The number of amides is 2. The normalized spacial score (nSPS) is 17.2. The zero-order chi connectivity index (χ0) is 17.1. The van der Waals surface area contributed by atoms with Gasteiger partial charge in [0, 0.05) is 23.6 Å². The van der Waals surface area contributed by atoms with Gasteiger partial charge in [0.25, 0.3) is 0 Å². The molecule has 1 aromatic carbocycles. The SMILES string of the molecule is Cc1ccc(N2CC(C(=O)NCc3ccccn3)CC2=O)c(Br)c1. The zero-order valence-electron chi connectivity index (χ0n) is 13.3. The van der Waals surface area contributed by atoms with E-state index in [0.29, 0.717) is 13.1 Å². The molecular weight excluding hydrogens is 370 g/mol. The molecule has 6 heteroatoms. The Balaban J connectivity index is 1.64. The van der Waals surface area contributed by atoms with Gasteiger partial charge < -0.3 is 10.2 Å². The lowest BCUT2D eigenvalue weighted by molar-refractivity contribution is -0.126. The number of aromatic nitrogens is 1. The van der Waals surface area contributed by atoms with Crippen LogP contribution < -0.4 is 10.2 Å². The number of benzene rings is 1. The van der Waals surface area contributed by atoms with Gasteiger partial charge in [-0.25, -0.2) is 0 Å². The molecule has 1 aliphatic rings. The third-order valence-corrected chi connectivity index (χ3v) is 4.69. The molecule has 2 aromatic rings. The molecule has 0 aliphatic carbocycles. The second kappa shape index (κ2) is 7.13. The minimum Gasteiger partial charge on any atom is -0.350 e. The van der Waals surface area contributed by atoms with Crippen LogP contribution in [-0.2, 0) is 16.1 Å². The van der Waals surface area contributed by atoms with Crippen molar-refractivity contribution in [3.63, 3.8) is 0 Å². The smallest absolute Gasteiger partial charge is 0.227 e. The van der Waals surface area contributed by atoms with Gasteiger partial charge in [-0.3, -0.25) is 14.6 Å². The molecule has 5 nitrogen and oxygen atoms in total. The topological polar surface area (TPSA) is 62.3 Å². The summed E-state index contributed by atoms with van der Waals surface area (Å²) in [6.45, 7) is 2.77. The molecule has 1 fully saturated rings. The van der Waals surface area contributed by atoms with Crippen molar-refractivity contribution in [2.75, 3.05) is 11.4 Å². The molecular formula is C18H18BrN3O2. The van der Waals surface area contributed by atoms with Crippen LogP contribution in [0.4, 0.5) is 5.69 Å². The van der Waals surface area contributed by atoms with E-state index in [9.17, 15) is 9.59 Å². The summed E-state index contributed by atoms with van der Waals surface area (Å²) in [6, 6.07) is 11.4. The van der Waals surface area contributed by atoms with Gasteiger partial charge in [-0.15, -0.1) is 0 Å². The van der Waals surface area contributed by atoms with Crippen LogP contribution in [-0.4, -0.2) is 23.3 Å². The highest BCUT2D eigenvalue weighted by Gasteiger charge is 2.35. The maximum atomic E-state index is 12.4. The Hall–Kier alpha value is -2.21. The third-order valence-electron chi connectivity index (χ3n) is 4.06. The summed E-state index contributed by atoms with van der Waals surface area (Å²) in [6.07, 6.45) is 1.92. The molecule has 0 saturated carbocycles. The molecule has 3 rings (SSSR count). The number of carbonyl (C=O) groups excluding carboxylic acids is 2. The summed E-state index contributed by atoms with van der Waals surface area (Å²) in [4.78, 5) is 30.5. The first-order valence-corrected chi connectivity index (χ1v) is 8.58. The summed E-state index contributed by atoms with van der Waals surface area (Å²) in [5, 5.41) is 2.87. The highest BCUT2D eigenvalue weighted by Crippen LogP contribution is 2.32. The number of rotatable bonds is 4. The Morgan fingerprint density at radius 3 is 2.92 bits per heavy atom. The monoisotopic (exact) mass is 387 g/mol. The number of carbonyl (C=O) groups is 2. The average Bonchev–Trinajstić information content (AvgIpc) is 2.95. The maximum absolute atomic E-state index is 12.4. The van der Waals surface area contributed by atoms with Crippen molar-refractivity contribution in [1.82, 2.24) is 10.3 Å². The Morgan fingerprint density at radius 2 is 2.21 bits per heavy atom. The maximum Gasteiger partial charge on any atom is 0.227 e. The first-order chi connectivity index (χ1) is 11.5. The van der Waals surface area contributed by atoms with Gasteiger partial charge in [0.05, 0.1) is 23.8 Å². The van der Waals surface area contributed by atoms with Crippen LogP contribution in [0.3, 0.4) is 0 Å². The van der Waals surface area contributed by atoms with Crippen molar-refractivity contribution in [2.45, 2.75) is 19.9 Å². The molecule has 0 spiro atoms. The van der Waals surface area contributed by atoms with E-state index in [-0.39, 0.29) is 24.2 Å². The number of hydrogen-bond acceptors (Lipinski definition) is 3. The largest absolute Gasteiger partial charge is 0.350 e. The van der Waals surface area contributed by atoms with Crippen LogP contribution in [0.25, 0.3) is 0 Å². The molecule has 0 bridgehead atoms. The molecule has 124 valence electrons. The molecule has 1 N–H and O–H groups in total. The lowest BCUT2D eigenvalue weighted by Gasteiger charge is -2.18. The Labute approximate surface area is 149 Å². The molecule has 1 saturated heterocycles. The molecule has 0 radical (unpaired) electrons. The van der Waals surface area contributed by atoms with Crippen LogP contribution in [0.5, 0.6) is 0 Å². The fraction of sp³-hybridized carbons (Fsp3) is 0.278. The van der Waals surface area contributed by atoms with Gasteiger partial charge in [0.1, 0.15) is 0 Å². The van der Waals surface area contributed by atoms with E-state index in [1.54, 1.807) is 11.1 Å². The average molecular weight is 388 g/mol. The Kier molecular flexibility index (Phi) is 4.94. The summed E-state index contributed by atoms with van der Waals surface area (Å²) >= 11 is 3.50. The predicted molar refractivity (Wildman–Crippen MR) is 95.4 cm³/mol. The number of pyridine rings is 1. The van der Waals surface area contributed by atoms with Crippen LogP contribution in [0.15, 0.2) is 47.1 Å². The highest BCUT2D eigenvalue weighted by atomic mass is 79.9. The van der Waals surface area contributed by atoms with Gasteiger partial charge in [-0.05, 0) is 52.7 Å². The van der Waals surface area contributed by atoms with Gasteiger partial charge in [-0.2, -0.15) is 0 Å². The number of aryl methyl sites for hydroxylation is 1. The van der Waals surface area contributed by atoms with Gasteiger partial charge in [0.15, 0.2) is 0 Å². The first-order valence-electron chi connectivity index (χ1n) is 7.79. The molecule has 1 unspecified atom stereocenters. The predicted octanol–water partition coefficient (Wildman–Crippen LogP) is 2.82. The van der Waals surface area contributed by atoms with Gasteiger partial charge >= 0.3 is 0 Å². The molecule has 1 aromatic heterocycles. The van der Waals surface area contributed by atoms with E-state index in [4.69, 9.17) is 0 Å². The Bertz CT molecular complexity index is 764. The molecule has 1 aliphatic heterocycles. The number of nitrogens with one attached hydrogen (secondary N) is 1. The summed E-state index contributed by atoms with van der Waals surface area (Å²) < 4.78 is 0.866. The summed E-state index contributed by atoms with van der Waals surface area (Å²) in [5.41, 5.74) is 2.72. The van der Waals surface area contributed by atoms with Crippen molar-refractivity contribution in [2.24, 2.45) is 5.92 Å². The second-order valence-electron chi connectivity index (χ2n) is 5.90. The highest BCUT2D eigenvalue weighted by molar-refractivity contribution is 9.10. The van der Waals surface area contributed by atoms with Crippen molar-refractivity contribution < 1.29 is 9.59 Å². The fourth-order valence-corrected chi connectivity index (χ4v) is 3.48. The lowest BCUT2D eigenvalue weighted by Crippen LogP contribution is -2.32. The number of anilines is 1. The molecule has 2 amide bonds. The molecule has 24 heavy (non-hydrogen) atoms. The van der Waals surface area contributed by atoms with E-state index >= 15 is 0 Å². The third kappa shape index (κ3) is 3.64. The van der Waals surface area contributed by atoms with E-state index in [0.717, 1.165) is 21.4 Å². The van der Waals surface area contributed by atoms with Crippen molar-refractivity contribution in [3.8, 4) is 0 Å². The van der Waals surface area contributed by atoms with E-state index in [2.05, 4.69) is 26.2 Å². The standard InChI is InChI=1S/C18H18BrN3O2/c1-12-5-6-16(15(19)8-12)22-11-13(9-17(22)23)18(24)21-10-14-4-2-3-7-20-14/h2-8,13H,9-11H2,1H3,(H,21,24). The van der Waals surface area contributed by atoms with Crippen molar-refractivity contribution in [1.29, 1.82) is 0 Å². The fourth-order valence-electron chi connectivity index (χ4n) is 2.77. The number of hydrogen-bond donors (Lipinski definition) is 1. The second-order valence-corrected chi connectivity index (χ2v) is 6.75. The lowest BCUT2D eigenvalue weighted by atomic mass is 10.1. The Morgan fingerprint density at radius 1 is 1.38 bits per heavy atom. The minimum absolute atomic E-state index is 0.0301. The number of nitrogens with zero attached hydrogens (tertiary/aromatic N) is 2. The van der Waals surface area contributed by atoms with Crippen LogP contribution in [0.2, 0.25) is 0 Å². The van der Waals surface area contributed by atoms with Crippen LogP contribution in [0, 0.1) is 12.8 Å². The van der Waals surface area contributed by atoms with Gasteiger partial charge in [0.2, 0.25) is 11.8 Å². The van der Waals surface area contributed by atoms with E-state index in [1.807, 2.05) is 43.3 Å². The van der Waals surface area contributed by atoms with Crippen molar-refractivity contribution >= 4 is 33.4 Å². The van der Waals surface area contributed by atoms with E-state index < -0.39 is 0 Å². The summed E-state index contributed by atoms with van der Waals surface area (Å²) in [7, 11) is 0. The van der Waals surface area contributed by atoms with Crippen LogP contribution >= 0.6 is 15.9 Å². The minimum atomic E-state index is -0.339. The quantitative estimate of drug-likeness (QED) is 0.876.